The molecule has 0 fully saturated rings. The van der Waals surface area contributed by atoms with E-state index in [9.17, 15) is 0 Å². The summed E-state index contributed by atoms with van der Waals surface area (Å²) in [5, 5.41) is 0. The highest BCUT2D eigenvalue weighted by atomic mass is 16.5. The third-order valence-electron chi connectivity index (χ3n) is 3.99. The topological polar surface area (TPSA) is 30.9 Å². The Kier molecular flexibility index (Phi) is 5.09. The molecule has 0 saturated carbocycles. The summed E-state index contributed by atoms with van der Waals surface area (Å²) in [6.45, 7) is 0. The van der Waals surface area contributed by atoms with Crippen molar-refractivity contribution in [3.63, 3.8) is 0 Å². The number of methoxy groups -OCH3 is 3. The smallest absolute Gasteiger partial charge is 0.119 e. The Morgan fingerprint density at radius 2 is 0.680 bits per heavy atom. The number of anilines is 3. The second-order valence-electron chi connectivity index (χ2n) is 5.43. The molecule has 128 valence electrons. The molecular weight excluding hydrogens is 314 g/mol. The van der Waals surface area contributed by atoms with Crippen LogP contribution in [0.25, 0.3) is 0 Å². The van der Waals surface area contributed by atoms with Crippen molar-refractivity contribution in [2.45, 2.75) is 0 Å². The highest BCUT2D eigenvalue weighted by Gasteiger charge is 2.13. The summed E-state index contributed by atoms with van der Waals surface area (Å²) < 4.78 is 15.8. The molecule has 0 saturated heterocycles. The third kappa shape index (κ3) is 3.69. The fraction of sp³-hybridized carbons (Fsp3) is 0.143. The molecule has 0 bridgehead atoms. The lowest BCUT2D eigenvalue weighted by atomic mass is 10.2. The first-order valence-corrected chi connectivity index (χ1v) is 7.97. The SMILES string of the molecule is COc1ccc(N(c2ccc(OC)cc2)c2ccc(OC)cc2)cc1. The highest BCUT2D eigenvalue weighted by Crippen LogP contribution is 2.36. The van der Waals surface area contributed by atoms with Crippen molar-refractivity contribution in [2.75, 3.05) is 26.2 Å². The Morgan fingerprint density at radius 1 is 0.440 bits per heavy atom. The van der Waals surface area contributed by atoms with E-state index in [2.05, 4.69) is 4.90 Å². The average Bonchev–Trinajstić information content (AvgIpc) is 2.70. The molecule has 0 aliphatic rings. The summed E-state index contributed by atoms with van der Waals surface area (Å²) >= 11 is 0. The first-order chi connectivity index (χ1) is 12.2. The van der Waals surface area contributed by atoms with Crippen molar-refractivity contribution < 1.29 is 14.2 Å². The molecule has 25 heavy (non-hydrogen) atoms. The van der Waals surface area contributed by atoms with E-state index < -0.39 is 0 Å². The lowest BCUT2D eigenvalue weighted by Gasteiger charge is -2.26. The summed E-state index contributed by atoms with van der Waals surface area (Å²) in [5.74, 6) is 2.48. The molecule has 3 aromatic carbocycles. The van der Waals surface area contributed by atoms with Gasteiger partial charge >= 0.3 is 0 Å². The van der Waals surface area contributed by atoms with Crippen LogP contribution in [-0.4, -0.2) is 21.3 Å². The molecule has 0 aliphatic carbocycles. The summed E-state index contributed by atoms with van der Waals surface area (Å²) in [6.07, 6.45) is 0. The monoisotopic (exact) mass is 335 g/mol. The van der Waals surface area contributed by atoms with Gasteiger partial charge in [-0.15, -0.1) is 0 Å². The molecule has 4 nitrogen and oxygen atoms in total. The summed E-state index contributed by atoms with van der Waals surface area (Å²) in [6, 6.07) is 23.9. The number of ether oxygens (including phenoxy) is 3. The van der Waals surface area contributed by atoms with Crippen LogP contribution in [0, 0.1) is 0 Å². The Labute approximate surface area is 148 Å². The number of rotatable bonds is 6. The Balaban J connectivity index is 2.04. The maximum absolute atomic E-state index is 5.27. The van der Waals surface area contributed by atoms with Crippen LogP contribution in [-0.2, 0) is 0 Å². The van der Waals surface area contributed by atoms with E-state index in [1.54, 1.807) is 21.3 Å². The molecule has 0 aromatic heterocycles. The van der Waals surface area contributed by atoms with Gasteiger partial charge in [-0.1, -0.05) is 0 Å². The Morgan fingerprint density at radius 3 is 0.880 bits per heavy atom. The lowest BCUT2D eigenvalue weighted by Crippen LogP contribution is -2.09. The van der Waals surface area contributed by atoms with Gasteiger partial charge in [-0.25, -0.2) is 0 Å². The van der Waals surface area contributed by atoms with Gasteiger partial charge in [0, 0.05) is 17.1 Å². The first kappa shape index (κ1) is 16.7. The second kappa shape index (κ2) is 7.62. The van der Waals surface area contributed by atoms with Crippen LogP contribution < -0.4 is 19.1 Å². The zero-order chi connectivity index (χ0) is 17.6. The predicted octanol–water partition coefficient (Wildman–Crippen LogP) is 5.18. The quantitative estimate of drug-likeness (QED) is 0.621. The van der Waals surface area contributed by atoms with Gasteiger partial charge in [0.1, 0.15) is 17.2 Å². The molecule has 0 N–H and O–H groups in total. The van der Waals surface area contributed by atoms with E-state index in [1.165, 1.54) is 0 Å². The first-order valence-electron chi connectivity index (χ1n) is 7.97. The Hall–Kier alpha value is -3.14. The highest BCUT2D eigenvalue weighted by molar-refractivity contribution is 5.77. The van der Waals surface area contributed by atoms with Gasteiger partial charge in [0.15, 0.2) is 0 Å². The molecule has 0 amide bonds. The van der Waals surface area contributed by atoms with Gasteiger partial charge in [0.05, 0.1) is 21.3 Å². The molecule has 0 aliphatic heterocycles. The molecule has 0 radical (unpaired) electrons. The minimum absolute atomic E-state index is 0.827. The van der Waals surface area contributed by atoms with Crippen LogP contribution in [0.2, 0.25) is 0 Å². The molecular formula is C21H21NO3. The van der Waals surface area contributed by atoms with Gasteiger partial charge in [-0.2, -0.15) is 0 Å². The minimum Gasteiger partial charge on any atom is -0.497 e. The summed E-state index contributed by atoms with van der Waals surface area (Å²) in [7, 11) is 5.00. The molecule has 4 heteroatoms. The van der Waals surface area contributed by atoms with E-state index in [0.29, 0.717) is 0 Å². The molecule has 3 aromatic rings. The maximum Gasteiger partial charge on any atom is 0.119 e. The number of hydrogen-bond donors (Lipinski definition) is 0. The van der Waals surface area contributed by atoms with Crippen LogP contribution >= 0.6 is 0 Å². The largest absolute Gasteiger partial charge is 0.497 e. The fourth-order valence-corrected chi connectivity index (χ4v) is 2.64. The molecule has 0 atom stereocenters. The molecule has 0 heterocycles. The number of nitrogens with zero attached hydrogens (tertiary/aromatic N) is 1. The van der Waals surface area contributed by atoms with Crippen LogP contribution in [0.5, 0.6) is 17.2 Å². The van der Waals surface area contributed by atoms with Crippen molar-refractivity contribution in [3.05, 3.63) is 72.8 Å². The van der Waals surface area contributed by atoms with Crippen molar-refractivity contribution >= 4 is 17.1 Å². The van der Waals surface area contributed by atoms with Crippen molar-refractivity contribution in [1.29, 1.82) is 0 Å². The van der Waals surface area contributed by atoms with E-state index in [4.69, 9.17) is 14.2 Å². The Bertz CT molecular complexity index is 683. The van der Waals surface area contributed by atoms with E-state index >= 15 is 0 Å². The van der Waals surface area contributed by atoms with Crippen LogP contribution in [0.15, 0.2) is 72.8 Å². The number of hydrogen-bond acceptors (Lipinski definition) is 4. The average molecular weight is 335 g/mol. The van der Waals surface area contributed by atoms with Gasteiger partial charge in [0.25, 0.3) is 0 Å². The van der Waals surface area contributed by atoms with E-state index in [-0.39, 0.29) is 0 Å². The zero-order valence-corrected chi connectivity index (χ0v) is 14.6. The van der Waals surface area contributed by atoms with Crippen LogP contribution in [0.4, 0.5) is 17.1 Å². The van der Waals surface area contributed by atoms with Crippen LogP contribution in [0.3, 0.4) is 0 Å². The normalized spacial score (nSPS) is 10.2. The van der Waals surface area contributed by atoms with E-state index in [1.807, 2.05) is 72.8 Å². The van der Waals surface area contributed by atoms with Gasteiger partial charge in [-0.05, 0) is 72.8 Å². The molecule has 3 rings (SSSR count). The summed E-state index contributed by atoms with van der Waals surface area (Å²) in [4.78, 5) is 2.16. The van der Waals surface area contributed by atoms with E-state index in [0.717, 1.165) is 34.3 Å². The lowest BCUT2D eigenvalue weighted by molar-refractivity contribution is 0.415. The van der Waals surface area contributed by atoms with Crippen LogP contribution in [0.1, 0.15) is 0 Å². The predicted molar refractivity (Wildman–Crippen MR) is 101 cm³/mol. The van der Waals surface area contributed by atoms with Gasteiger partial charge in [-0.3, -0.25) is 0 Å². The standard InChI is InChI=1S/C21H21NO3/c1-23-19-10-4-16(5-11-19)22(17-6-12-20(24-2)13-7-17)18-8-14-21(25-3)15-9-18/h4-15H,1-3H3. The third-order valence-corrected chi connectivity index (χ3v) is 3.99. The number of benzene rings is 3. The zero-order valence-electron chi connectivity index (χ0n) is 14.6. The molecule has 0 unspecified atom stereocenters. The molecule has 0 spiro atoms. The second-order valence-corrected chi connectivity index (χ2v) is 5.43. The van der Waals surface area contributed by atoms with Gasteiger partial charge in [0.2, 0.25) is 0 Å². The van der Waals surface area contributed by atoms with Gasteiger partial charge < -0.3 is 19.1 Å². The van der Waals surface area contributed by atoms with Crippen molar-refractivity contribution in [1.82, 2.24) is 0 Å². The summed E-state index contributed by atoms with van der Waals surface area (Å²) in [5.41, 5.74) is 3.11. The fourth-order valence-electron chi connectivity index (χ4n) is 2.64. The van der Waals surface area contributed by atoms with Crippen molar-refractivity contribution in [2.24, 2.45) is 0 Å². The van der Waals surface area contributed by atoms with Crippen molar-refractivity contribution in [3.8, 4) is 17.2 Å². The minimum atomic E-state index is 0.827. The maximum atomic E-state index is 5.27.